The monoisotopic (exact) mass is 445 g/mol. The van der Waals surface area contributed by atoms with Gasteiger partial charge in [0.05, 0.1) is 18.2 Å². The van der Waals surface area contributed by atoms with Gasteiger partial charge in [-0.1, -0.05) is 50.4 Å². The zero-order chi connectivity index (χ0) is 21.3. The van der Waals surface area contributed by atoms with Crippen molar-refractivity contribution in [3.05, 3.63) is 29.3 Å². The Bertz CT molecular complexity index is 750. The summed E-state index contributed by atoms with van der Waals surface area (Å²) in [5.41, 5.74) is 0. The fourth-order valence-corrected chi connectivity index (χ4v) is 5.23. The standard InChI is InChI=1S/C20H32ClN3O4S/c1-3-16(4-2)18(24-11-13-28-14-12-24)15-22-20(25)9-10-23-29(26,27)19-8-6-5-7-17(19)21/h5-8,16,18,23H,3-4,9-15H2,1-2H3,(H,22,25). The molecule has 1 aliphatic rings. The lowest BCUT2D eigenvalue weighted by molar-refractivity contribution is -0.121. The van der Waals surface area contributed by atoms with E-state index in [9.17, 15) is 13.2 Å². The van der Waals surface area contributed by atoms with Gasteiger partial charge in [-0.3, -0.25) is 9.69 Å². The smallest absolute Gasteiger partial charge is 0.242 e. The number of amides is 1. The molecule has 0 spiro atoms. The largest absolute Gasteiger partial charge is 0.379 e. The molecule has 7 nitrogen and oxygen atoms in total. The van der Waals surface area contributed by atoms with E-state index in [0.29, 0.717) is 25.7 Å². The molecule has 0 radical (unpaired) electrons. The van der Waals surface area contributed by atoms with Crippen LogP contribution in [0, 0.1) is 5.92 Å². The summed E-state index contributed by atoms with van der Waals surface area (Å²) in [5.74, 6) is 0.322. The van der Waals surface area contributed by atoms with E-state index in [0.717, 1.165) is 25.9 Å². The number of rotatable bonds is 11. The van der Waals surface area contributed by atoms with Crippen LogP contribution in [-0.4, -0.2) is 64.7 Å². The highest BCUT2D eigenvalue weighted by Crippen LogP contribution is 2.21. The lowest BCUT2D eigenvalue weighted by Crippen LogP contribution is -2.52. The molecule has 1 aliphatic heterocycles. The number of carbonyl (C=O) groups is 1. The van der Waals surface area contributed by atoms with Gasteiger partial charge >= 0.3 is 0 Å². The molecule has 1 aromatic rings. The first kappa shape index (κ1) is 24.1. The van der Waals surface area contributed by atoms with Crippen molar-refractivity contribution < 1.29 is 17.9 Å². The number of nitrogens with zero attached hydrogens (tertiary/aromatic N) is 1. The quantitative estimate of drug-likeness (QED) is 0.545. The van der Waals surface area contributed by atoms with Gasteiger partial charge in [-0.05, 0) is 18.1 Å². The first-order valence-electron chi connectivity index (χ1n) is 10.2. The van der Waals surface area contributed by atoms with Gasteiger partial charge < -0.3 is 10.1 Å². The molecule has 1 heterocycles. The number of ether oxygens (including phenoxy) is 1. The highest BCUT2D eigenvalue weighted by Gasteiger charge is 2.27. The van der Waals surface area contributed by atoms with Crippen LogP contribution in [0.5, 0.6) is 0 Å². The van der Waals surface area contributed by atoms with Crippen molar-refractivity contribution in [3.63, 3.8) is 0 Å². The zero-order valence-electron chi connectivity index (χ0n) is 17.2. The Morgan fingerprint density at radius 3 is 2.48 bits per heavy atom. The van der Waals surface area contributed by atoms with Crippen LogP contribution in [0.2, 0.25) is 5.02 Å². The Labute approximate surface area is 179 Å². The minimum absolute atomic E-state index is 0.0168. The first-order valence-corrected chi connectivity index (χ1v) is 12.1. The molecule has 1 atom stereocenters. The molecule has 0 saturated carbocycles. The summed E-state index contributed by atoms with van der Waals surface area (Å²) in [6.45, 7) is 8.10. The Hall–Kier alpha value is -1.19. The third-order valence-electron chi connectivity index (χ3n) is 5.39. The molecule has 2 rings (SSSR count). The normalized spacial score (nSPS) is 16.7. The van der Waals surface area contributed by atoms with Crippen LogP contribution in [0.25, 0.3) is 0 Å². The van der Waals surface area contributed by atoms with Gasteiger partial charge in [0.1, 0.15) is 4.90 Å². The van der Waals surface area contributed by atoms with Crippen molar-refractivity contribution in [2.75, 3.05) is 39.4 Å². The van der Waals surface area contributed by atoms with Crippen LogP contribution in [0.15, 0.2) is 29.2 Å². The number of carbonyl (C=O) groups excluding carboxylic acids is 1. The fraction of sp³-hybridized carbons (Fsp3) is 0.650. The van der Waals surface area contributed by atoms with Crippen molar-refractivity contribution in [1.29, 1.82) is 0 Å². The fourth-order valence-electron chi connectivity index (χ4n) is 3.68. The second kappa shape index (κ2) is 11.9. The van der Waals surface area contributed by atoms with Crippen LogP contribution in [0.4, 0.5) is 0 Å². The summed E-state index contributed by atoms with van der Waals surface area (Å²) >= 11 is 5.95. The summed E-state index contributed by atoms with van der Waals surface area (Å²) in [7, 11) is -3.74. The van der Waals surface area contributed by atoms with Crippen molar-refractivity contribution in [1.82, 2.24) is 14.9 Å². The molecule has 1 amide bonds. The van der Waals surface area contributed by atoms with E-state index in [4.69, 9.17) is 16.3 Å². The van der Waals surface area contributed by atoms with Gasteiger partial charge in [0.2, 0.25) is 15.9 Å². The maximum absolute atomic E-state index is 12.3. The minimum atomic E-state index is -3.74. The predicted molar refractivity (Wildman–Crippen MR) is 115 cm³/mol. The van der Waals surface area contributed by atoms with Crippen LogP contribution in [0.3, 0.4) is 0 Å². The van der Waals surface area contributed by atoms with Crippen LogP contribution < -0.4 is 10.0 Å². The number of nitrogens with one attached hydrogen (secondary N) is 2. The summed E-state index contributed by atoms with van der Waals surface area (Å²) < 4.78 is 32.5. The molecule has 164 valence electrons. The third-order valence-corrected chi connectivity index (χ3v) is 7.35. The molecule has 0 bridgehead atoms. The maximum Gasteiger partial charge on any atom is 0.242 e. The molecule has 0 aromatic heterocycles. The van der Waals surface area contributed by atoms with Crippen molar-refractivity contribution >= 4 is 27.5 Å². The highest BCUT2D eigenvalue weighted by atomic mass is 35.5. The van der Waals surface area contributed by atoms with E-state index in [2.05, 4.69) is 28.8 Å². The van der Waals surface area contributed by atoms with Crippen LogP contribution in [-0.2, 0) is 19.6 Å². The number of hydrogen-bond donors (Lipinski definition) is 2. The van der Waals surface area contributed by atoms with E-state index in [1.165, 1.54) is 12.1 Å². The van der Waals surface area contributed by atoms with Crippen LogP contribution in [0.1, 0.15) is 33.1 Å². The Morgan fingerprint density at radius 1 is 1.21 bits per heavy atom. The van der Waals surface area contributed by atoms with Crippen molar-refractivity contribution in [2.24, 2.45) is 5.92 Å². The number of hydrogen-bond acceptors (Lipinski definition) is 5. The van der Waals surface area contributed by atoms with Gasteiger partial charge in [0, 0.05) is 38.6 Å². The summed E-state index contributed by atoms with van der Waals surface area (Å²) in [6, 6.07) is 6.49. The molecule has 1 fully saturated rings. The first-order chi connectivity index (χ1) is 13.9. The van der Waals surface area contributed by atoms with E-state index >= 15 is 0 Å². The summed E-state index contributed by atoms with van der Waals surface area (Å²) in [5, 5.41) is 3.14. The second-order valence-electron chi connectivity index (χ2n) is 7.17. The Balaban J connectivity index is 1.84. The molecule has 1 saturated heterocycles. The second-order valence-corrected chi connectivity index (χ2v) is 9.32. The average molecular weight is 446 g/mol. The average Bonchev–Trinajstić information content (AvgIpc) is 2.71. The number of benzene rings is 1. The molecule has 1 unspecified atom stereocenters. The molecule has 29 heavy (non-hydrogen) atoms. The van der Waals surface area contributed by atoms with Gasteiger partial charge in [0.25, 0.3) is 0 Å². The van der Waals surface area contributed by atoms with Gasteiger partial charge in [-0.15, -0.1) is 0 Å². The number of halogens is 1. The Kier molecular flexibility index (Phi) is 9.85. The molecular formula is C20H32ClN3O4S. The van der Waals surface area contributed by atoms with E-state index in [1.54, 1.807) is 12.1 Å². The van der Waals surface area contributed by atoms with E-state index in [1.807, 2.05) is 0 Å². The van der Waals surface area contributed by atoms with Crippen LogP contribution >= 0.6 is 11.6 Å². The van der Waals surface area contributed by atoms with Gasteiger partial charge in [0.15, 0.2) is 0 Å². The van der Waals surface area contributed by atoms with E-state index in [-0.39, 0.29) is 34.8 Å². The highest BCUT2D eigenvalue weighted by molar-refractivity contribution is 7.89. The molecular weight excluding hydrogens is 414 g/mol. The number of morpholine rings is 1. The molecule has 2 N–H and O–H groups in total. The van der Waals surface area contributed by atoms with Gasteiger partial charge in [-0.2, -0.15) is 0 Å². The minimum Gasteiger partial charge on any atom is -0.379 e. The van der Waals surface area contributed by atoms with Crippen molar-refractivity contribution in [3.8, 4) is 0 Å². The summed E-state index contributed by atoms with van der Waals surface area (Å²) in [6.07, 6.45) is 2.17. The lowest BCUT2D eigenvalue weighted by atomic mass is 9.92. The molecule has 1 aromatic carbocycles. The maximum atomic E-state index is 12.3. The predicted octanol–water partition coefficient (Wildman–Crippen LogP) is 2.26. The Morgan fingerprint density at radius 2 is 1.86 bits per heavy atom. The molecule has 0 aliphatic carbocycles. The topological polar surface area (TPSA) is 87.7 Å². The SMILES string of the molecule is CCC(CC)C(CNC(=O)CCNS(=O)(=O)c1ccccc1Cl)N1CCOCC1. The zero-order valence-corrected chi connectivity index (χ0v) is 18.8. The lowest BCUT2D eigenvalue weighted by Gasteiger charge is -2.38. The third kappa shape index (κ3) is 7.22. The van der Waals surface area contributed by atoms with Crippen molar-refractivity contribution in [2.45, 2.75) is 44.0 Å². The number of sulfonamides is 1. The van der Waals surface area contributed by atoms with Gasteiger partial charge in [-0.25, -0.2) is 13.1 Å². The van der Waals surface area contributed by atoms with E-state index < -0.39 is 10.0 Å². The summed E-state index contributed by atoms with van der Waals surface area (Å²) in [4.78, 5) is 14.7. The molecule has 9 heteroatoms.